The summed E-state index contributed by atoms with van der Waals surface area (Å²) in [7, 11) is 0. The number of amides is 1. The monoisotopic (exact) mass is 410 g/mol. The van der Waals surface area contributed by atoms with Crippen LogP contribution in [0.2, 0.25) is 5.02 Å². The maximum atomic E-state index is 12.7. The van der Waals surface area contributed by atoms with Gasteiger partial charge in [-0.15, -0.1) is 0 Å². The van der Waals surface area contributed by atoms with Gasteiger partial charge in [0.05, 0.1) is 5.92 Å². The van der Waals surface area contributed by atoms with E-state index in [1.54, 1.807) is 6.07 Å². The number of likely N-dealkylation sites (tertiary alicyclic amines) is 1. The van der Waals surface area contributed by atoms with Gasteiger partial charge in [-0.2, -0.15) is 0 Å². The highest BCUT2D eigenvalue weighted by atomic mass is 35.5. The molecule has 1 aliphatic rings. The summed E-state index contributed by atoms with van der Waals surface area (Å²) in [5, 5.41) is 4.49. The lowest BCUT2D eigenvalue weighted by atomic mass is 9.96. The fourth-order valence-electron chi connectivity index (χ4n) is 3.90. The number of rotatable bonds is 4. The van der Waals surface area contributed by atoms with Crippen LogP contribution in [0.5, 0.6) is 0 Å². The Morgan fingerprint density at radius 3 is 2.83 bits per heavy atom. The Kier molecular flexibility index (Phi) is 5.69. The Morgan fingerprint density at radius 2 is 2.03 bits per heavy atom. The number of para-hydroxylation sites is 1. The predicted octanol–water partition coefficient (Wildman–Crippen LogP) is 4.61. The van der Waals surface area contributed by atoms with Crippen molar-refractivity contribution in [2.45, 2.75) is 26.3 Å². The minimum atomic E-state index is -0.371. The van der Waals surface area contributed by atoms with Crippen LogP contribution in [-0.2, 0) is 11.3 Å². The van der Waals surface area contributed by atoms with Crippen LogP contribution >= 0.6 is 11.6 Å². The van der Waals surface area contributed by atoms with Gasteiger partial charge in [0.2, 0.25) is 5.91 Å². The van der Waals surface area contributed by atoms with Crippen molar-refractivity contribution in [2.75, 3.05) is 18.4 Å². The molecule has 0 saturated carbocycles. The molecule has 3 aromatic rings. The number of piperidine rings is 1. The molecule has 0 bridgehead atoms. The fraction of sp³-hybridized carbons (Fsp3) is 0.304. The molecule has 6 heteroatoms. The summed E-state index contributed by atoms with van der Waals surface area (Å²) in [5.41, 5.74) is 2.73. The van der Waals surface area contributed by atoms with Gasteiger partial charge in [0.1, 0.15) is 5.58 Å². The van der Waals surface area contributed by atoms with E-state index >= 15 is 0 Å². The van der Waals surface area contributed by atoms with Gasteiger partial charge in [-0.05, 0) is 61.7 Å². The van der Waals surface area contributed by atoms with Gasteiger partial charge in [-0.1, -0.05) is 29.8 Å². The van der Waals surface area contributed by atoms with Gasteiger partial charge in [0, 0.05) is 35.3 Å². The van der Waals surface area contributed by atoms with Crippen LogP contribution in [0.3, 0.4) is 0 Å². The van der Waals surface area contributed by atoms with Gasteiger partial charge >= 0.3 is 5.63 Å². The molecule has 1 saturated heterocycles. The summed E-state index contributed by atoms with van der Waals surface area (Å²) < 4.78 is 5.36. The number of carbonyl (C=O) groups excluding carboxylic acids is 1. The number of fused-ring (bicyclic) bond motifs is 1. The molecule has 150 valence electrons. The van der Waals surface area contributed by atoms with E-state index < -0.39 is 0 Å². The summed E-state index contributed by atoms with van der Waals surface area (Å²) >= 11 is 6.30. The Bertz CT molecular complexity index is 1090. The fourth-order valence-corrected chi connectivity index (χ4v) is 4.06. The zero-order chi connectivity index (χ0) is 20.4. The van der Waals surface area contributed by atoms with Gasteiger partial charge < -0.3 is 9.73 Å². The zero-order valence-corrected chi connectivity index (χ0v) is 17.0. The Balaban J connectivity index is 1.52. The molecule has 4 rings (SSSR count). The van der Waals surface area contributed by atoms with Crippen LogP contribution in [0.25, 0.3) is 11.0 Å². The number of nitrogens with zero attached hydrogens (tertiary/aromatic N) is 1. The van der Waals surface area contributed by atoms with E-state index in [0.29, 0.717) is 23.7 Å². The summed E-state index contributed by atoms with van der Waals surface area (Å²) in [6.07, 6.45) is 1.80. The first-order chi connectivity index (χ1) is 14.0. The average molecular weight is 411 g/mol. The van der Waals surface area contributed by atoms with Gasteiger partial charge in [-0.3, -0.25) is 9.69 Å². The highest BCUT2D eigenvalue weighted by Crippen LogP contribution is 2.27. The average Bonchev–Trinajstić information content (AvgIpc) is 2.70. The standard InChI is InChI=1S/C23H23ClN2O3/c1-15-10-21-19(12-20(15)24)17(11-22(27)29-21)14-26-9-5-6-16(13-26)23(28)25-18-7-3-2-4-8-18/h2-4,7-8,10-12,16H,5-6,9,13-14H2,1H3,(H,25,28)/t16-/m1/s1. The van der Waals surface area contributed by atoms with Gasteiger partial charge in [0.25, 0.3) is 0 Å². The molecule has 2 aromatic carbocycles. The molecule has 1 aromatic heterocycles. The largest absolute Gasteiger partial charge is 0.423 e. The molecule has 0 spiro atoms. The van der Waals surface area contributed by atoms with Crippen molar-refractivity contribution in [3.8, 4) is 0 Å². The molecule has 0 aliphatic carbocycles. The van der Waals surface area contributed by atoms with Crippen molar-refractivity contribution in [1.29, 1.82) is 0 Å². The molecule has 0 radical (unpaired) electrons. The van der Waals surface area contributed by atoms with Crippen molar-refractivity contribution >= 4 is 34.2 Å². The zero-order valence-electron chi connectivity index (χ0n) is 16.3. The lowest BCUT2D eigenvalue weighted by Crippen LogP contribution is -2.40. The first-order valence-electron chi connectivity index (χ1n) is 9.81. The van der Waals surface area contributed by atoms with Crippen LogP contribution in [-0.4, -0.2) is 23.9 Å². The lowest BCUT2D eigenvalue weighted by Gasteiger charge is -2.32. The second-order valence-corrected chi connectivity index (χ2v) is 8.02. The molecule has 1 fully saturated rings. The van der Waals surface area contributed by atoms with Gasteiger partial charge in [-0.25, -0.2) is 4.79 Å². The second kappa shape index (κ2) is 8.39. The number of halogens is 1. The molecule has 1 amide bonds. The third kappa shape index (κ3) is 4.52. The minimum absolute atomic E-state index is 0.0389. The summed E-state index contributed by atoms with van der Waals surface area (Å²) in [6, 6.07) is 14.7. The number of carbonyl (C=O) groups is 1. The third-order valence-corrected chi connectivity index (χ3v) is 5.83. The molecule has 0 unspecified atom stereocenters. The molecule has 5 nitrogen and oxygen atoms in total. The number of nitrogens with one attached hydrogen (secondary N) is 1. The Hall–Kier alpha value is -2.63. The van der Waals surface area contributed by atoms with Crippen molar-refractivity contribution in [3.63, 3.8) is 0 Å². The second-order valence-electron chi connectivity index (χ2n) is 7.62. The van der Waals surface area contributed by atoms with E-state index in [-0.39, 0.29) is 17.5 Å². The first-order valence-corrected chi connectivity index (χ1v) is 10.2. The van der Waals surface area contributed by atoms with Crippen LogP contribution in [0.1, 0.15) is 24.0 Å². The minimum Gasteiger partial charge on any atom is -0.423 e. The highest BCUT2D eigenvalue weighted by Gasteiger charge is 2.26. The van der Waals surface area contributed by atoms with Gasteiger partial charge in [0.15, 0.2) is 0 Å². The summed E-state index contributed by atoms with van der Waals surface area (Å²) in [4.78, 5) is 27.0. The number of hydrogen-bond donors (Lipinski definition) is 1. The topological polar surface area (TPSA) is 62.6 Å². The van der Waals surface area contributed by atoms with Crippen molar-refractivity contribution in [3.05, 3.63) is 75.1 Å². The third-order valence-electron chi connectivity index (χ3n) is 5.42. The number of anilines is 1. The smallest absolute Gasteiger partial charge is 0.336 e. The SMILES string of the molecule is Cc1cc2oc(=O)cc(CN3CCC[C@@H](C(=O)Nc4ccccc4)C3)c2cc1Cl. The van der Waals surface area contributed by atoms with Crippen molar-refractivity contribution in [1.82, 2.24) is 4.90 Å². The number of hydrogen-bond acceptors (Lipinski definition) is 4. The maximum absolute atomic E-state index is 12.7. The molecule has 1 N–H and O–H groups in total. The maximum Gasteiger partial charge on any atom is 0.336 e. The predicted molar refractivity (Wildman–Crippen MR) is 115 cm³/mol. The molecule has 1 atom stereocenters. The highest BCUT2D eigenvalue weighted by molar-refractivity contribution is 6.32. The Morgan fingerprint density at radius 1 is 1.24 bits per heavy atom. The van der Waals surface area contributed by atoms with E-state index in [4.69, 9.17) is 16.0 Å². The molecule has 2 heterocycles. The van der Waals surface area contributed by atoms with E-state index in [1.807, 2.05) is 43.3 Å². The molecular formula is C23H23ClN2O3. The van der Waals surface area contributed by atoms with Crippen molar-refractivity contribution in [2.24, 2.45) is 5.92 Å². The van der Waals surface area contributed by atoms with E-state index in [0.717, 1.165) is 41.6 Å². The Labute approximate surface area is 174 Å². The van der Waals surface area contributed by atoms with Crippen molar-refractivity contribution < 1.29 is 9.21 Å². The number of aryl methyl sites for hydroxylation is 1. The van der Waals surface area contributed by atoms with Crippen LogP contribution < -0.4 is 10.9 Å². The first kappa shape index (κ1) is 19.7. The van der Waals surface area contributed by atoms with Crippen LogP contribution in [0.4, 0.5) is 5.69 Å². The van der Waals surface area contributed by atoms with Crippen LogP contribution in [0.15, 0.2) is 57.7 Å². The quantitative estimate of drug-likeness (QED) is 0.638. The lowest BCUT2D eigenvalue weighted by molar-refractivity contribution is -0.121. The molecule has 1 aliphatic heterocycles. The number of benzene rings is 2. The van der Waals surface area contributed by atoms with Crippen LogP contribution in [0, 0.1) is 12.8 Å². The van der Waals surface area contributed by atoms with E-state index in [9.17, 15) is 9.59 Å². The summed E-state index contributed by atoms with van der Waals surface area (Å²) in [5.74, 6) is -0.0434. The van der Waals surface area contributed by atoms with E-state index in [1.165, 1.54) is 6.07 Å². The molecule has 29 heavy (non-hydrogen) atoms. The normalized spacial score (nSPS) is 17.4. The van der Waals surface area contributed by atoms with E-state index in [2.05, 4.69) is 10.2 Å². The summed E-state index contributed by atoms with van der Waals surface area (Å²) in [6.45, 7) is 4.00. The molecular weight excluding hydrogens is 388 g/mol.